The number of hydrogen-bond donors (Lipinski definition) is 0. The first-order chi connectivity index (χ1) is 10.1. The van der Waals surface area contributed by atoms with Crippen molar-refractivity contribution in [1.29, 1.82) is 0 Å². The molecule has 1 aliphatic rings. The van der Waals surface area contributed by atoms with Gasteiger partial charge in [0, 0.05) is 7.05 Å². The molecule has 2 aromatic heterocycles. The second-order valence-electron chi connectivity index (χ2n) is 4.76. The summed E-state index contributed by atoms with van der Waals surface area (Å²) in [5.41, 5.74) is 0.156. The van der Waals surface area contributed by atoms with Crippen LogP contribution in [0.15, 0.2) is 5.16 Å². The Morgan fingerprint density at radius 2 is 2.19 bits per heavy atom. The minimum Gasteiger partial charge on any atom is -0.475 e. The fraction of sp³-hybridized carbons (Fsp3) is 0.462. The maximum absolute atomic E-state index is 14.3. The molecule has 2 aromatic rings. The molecule has 5 nitrogen and oxygen atoms in total. The number of nitrogens with zero attached hydrogens (tertiary/aromatic N) is 4. The highest BCUT2D eigenvalue weighted by Crippen LogP contribution is 2.38. The van der Waals surface area contributed by atoms with Gasteiger partial charge in [0.25, 0.3) is 0 Å². The molecule has 3 heterocycles. The monoisotopic (exact) mass is 328 g/mol. The predicted molar refractivity (Wildman–Crippen MR) is 82.1 cm³/mol. The van der Waals surface area contributed by atoms with Gasteiger partial charge in [-0.15, -0.1) is 0 Å². The summed E-state index contributed by atoms with van der Waals surface area (Å²) in [4.78, 5) is 14.7. The molecular formula is C13H14ClFN4OS. The van der Waals surface area contributed by atoms with Gasteiger partial charge in [-0.2, -0.15) is 4.98 Å². The summed E-state index contributed by atoms with van der Waals surface area (Å²) < 4.78 is 20.0. The number of ether oxygens (including phenoxy) is 1. The highest BCUT2D eigenvalue weighted by atomic mass is 35.5. The summed E-state index contributed by atoms with van der Waals surface area (Å²) in [6.45, 7) is 2.51. The van der Waals surface area contributed by atoms with Gasteiger partial charge >= 0.3 is 0 Å². The number of anilines is 1. The highest BCUT2D eigenvalue weighted by molar-refractivity contribution is 7.98. The van der Waals surface area contributed by atoms with Crippen LogP contribution in [-0.2, 0) is 0 Å². The molecule has 112 valence electrons. The molecule has 0 aromatic carbocycles. The molecule has 0 spiro atoms. The normalized spacial score (nSPS) is 17.8. The summed E-state index contributed by atoms with van der Waals surface area (Å²) in [6, 6.07) is 0.133. The van der Waals surface area contributed by atoms with Crippen LogP contribution in [-0.4, -0.2) is 40.9 Å². The van der Waals surface area contributed by atoms with E-state index in [2.05, 4.69) is 21.9 Å². The number of halogens is 2. The van der Waals surface area contributed by atoms with Gasteiger partial charge in [0.15, 0.2) is 16.1 Å². The number of pyridine rings is 1. The van der Waals surface area contributed by atoms with Crippen molar-refractivity contribution in [2.75, 3.05) is 24.8 Å². The van der Waals surface area contributed by atoms with Gasteiger partial charge in [0.2, 0.25) is 5.88 Å². The van der Waals surface area contributed by atoms with Crippen LogP contribution in [0.4, 0.5) is 10.2 Å². The lowest BCUT2D eigenvalue weighted by atomic mass is 10.2. The van der Waals surface area contributed by atoms with E-state index in [4.69, 9.17) is 16.3 Å². The summed E-state index contributed by atoms with van der Waals surface area (Å²) in [6.07, 6.45) is 2.72. The average molecular weight is 329 g/mol. The van der Waals surface area contributed by atoms with Crippen molar-refractivity contribution < 1.29 is 9.13 Å². The zero-order valence-electron chi connectivity index (χ0n) is 11.9. The maximum Gasteiger partial charge on any atom is 0.228 e. The third kappa shape index (κ3) is 2.28. The van der Waals surface area contributed by atoms with E-state index in [1.165, 1.54) is 11.8 Å². The van der Waals surface area contributed by atoms with Crippen LogP contribution in [0.25, 0.3) is 10.9 Å². The van der Waals surface area contributed by atoms with Crippen LogP contribution in [0.2, 0.25) is 5.15 Å². The van der Waals surface area contributed by atoms with Crippen molar-refractivity contribution in [2.24, 2.45) is 0 Å². The predicted octanol–water partition coefficient (Wildman–Crippen LogP) is 3.15. The molecule has 0 aliphatic carbocycles. The lowest BCUT2D eigenvalue weighted by Gasteiger charge is -2.25. The van der Waals surface area contributed by atoms with Gasteiger partial charge < -0.3 is 9.64 Å². The van der Waals surface area contributed by atoms with Crippen molar-refractivity contribution in [3.8, 4) is 5.88 Å². The van der Waals surface area contributed by atoms with Crippen molar-refractivity contribution >= 4 is 40.1 Å². The van der Waals surface area contributed by atoms with Crippen molar-refractivity contribution in [3.63, 3.8) is 0 Å². The zero-order valence-corrected chi connectivity index (χ0v) is 13.4. The van der Waals surface area contributed by atoms with Crippen LogP contribution < -0.4 is 9.64 Å². The quantitative estimate of drug-likeness (QED) is 0.479. The molecule has 8 heteroatoms. The number of rotatable bonds is 2. The standard InChI is InChI=1S/C13H14ClFN4OS/c1-4-6-5-20-12-7-9(8(15)10(14)17-12)16-13(21-3)18-11(7)19(6)2/h6H,4-5H2,1-3H3/t6-/m0/s1. The van der Waals surface area contributed by atoms with E-state index in [1.807, 2.05) is 18.2 Å². The van der Waals surface area contributed by atoms with Gasteiger partial charge in [0.05, 0.1) is 6.04 Å². The van der Waals surface area contributed by atoms with Crippen LogP contribution >= 0.6 is 23.4 Å². The molecule has 3 rings (SSSR count). The lowest BCUT2D eigenvalue weighted by molar-refractivity contribution is 0.279. The third-order valence-corrected chi connectivity index (χ3v) is 4.42. The van der Waals surface area contributed by atoms with E-state index in [0.29, 0.717) is 28.8 Å². The molecule has 0 unspecified atom stereocenters. The molecule has 0 amide bonds. The Bertz CT molecular complexity index is 714. The van der Waals surface area contributed by atoms with Crippen LogP contribution in [0, 0.1) is 5.82 Å². The summed E-state index contributed by atoms with van der Waals surface area (Å²) in [7, 11) is 1.92. The molecule has 0 saturated carbocycles. The van der Waals surface area contributed by atoms with Gasteiger partial charge in [-0.25, -0.2) is 14.4 Å². The minimum atomic E-state index is -0.638. The van der Waals surface area contributed by atoms with Gasteiger partial charge in [-0.3, -0.25) is 0 Å². The Labute approximate surface area is 130 Å². The SMILES string of the molecule is CC[C@H]1COc2nc(Cl)c(F)c3nc(SC)nc(c23)N1C. The molecule has 21 heavy (non-hydrogen) atoms. The highest BCUT2D eigenvalue weighted by Gasteiger charge is 2.28. The molecular weight excluding hydrogens is 315 g/mol. The second-order valence-corrected chi connectivity index (χ2v) is 5.89. The van der Waals surface area contributed by atoms with Crippen LogP contribution in [0.1, 0.15) is 13.3 Å². The van der Waals surface area contributed by atoms with Crippen molar-refractivity contribution in [2.45, 2.75) is 24.5 Å². The topological polar surface area (TPSA) is 51.1 Å². The minimum absolute atomic E-state index is 0.133. The third-order valence-electron chi connectivity index (χ3n) is 3.62. The molecule has 0 N–H and O–H groups in total. The average Bonchev–Trinajstić information content (AvgIpc) is 2.63. The number of aromatic nitrogens is 3. The van der Waals surface area contributed by atoms with Gasteiger partial charge in [0.1, 0.15) is 23.3 Å². The Morgan fingerprint density at radius 1 is 1.43 bits per heavy atom. The summed E-state index contributed by atoms with van der Waals surface area (Å²) in [5, 5.41) is 0.744. The Hall–Kier alpha value is -1.34. The van der Waals surface area contributed by atoms with E-state index >= 15 is 0 Å². The summed E-state index contributed by atoms with van der Waals surface area (Å²) >= 11 is 7.21. The number of hydrogen-bond acceptors (Lipinski definition) is 6. The Balaban J connectivity index is 2.38. The van der Waals surface area contributed by atoms with Crippen molar-refractivity contribution in [3.05, 3.63) is 11.0 Å². The molecule has 1 atom stereocenters. The van der Waals surface area contributed by atoms with E-state index in [-0.39, 0.29) is 16.7 Å². The molecule has 0 saturated heterocycles. The fourth-order valence-corrected chi connectivity index (χ4v) is 2.91. The molecule has 0 bridgehead atoms. The maximum atomic E-state index is 14.3. The second kappa shape index (κ2) is 5.46. The lowest BCUT2D eigenvalue weighted by Crippen LogP contribution is -2.35. The van der Waals surface area contributed by atoms with Gasteiger partial charge in [-0.05, 0) is 12.7 Å². The summed E-state index contributed by atoms with van der Waals surface area (Å²) in [5.74, 6) is 0.287. The number of thioether (sulfide) groups is 1. The van der Waals surface area contributed by atoms with Crippen LogP contribution in [0.3, 0.4) is 0 Å². The Kier molecular flexibility index (Phi) is 3.79. The molecule has 0 fully saturated rings. The molecule has 0 radical (unpaired) electrons. The van der Waals surface area contributed by atoms with Crippen molar-refractivity contribution in [1.82, 2.24) is 15.0 Å². The van der Waals surface area contributed by atoms with E-state index in [0.717, 1.165) is 6.42 Å². The van der Waals surface area contributed by atoms with E-state index < -0.39 is 5.82 Å². The van der Waals surface area contributed by atoms with E-state index in [1.54, 1.807) is 0 Å². The number of likely N-dealkylation sites (N-methyl/N-ethyl adjacent to an activating group) is 1. The van der Waals surface area contributed by atoms with E-state index in [9.17, 15) is 4.39 Å². The largest absolute Gasteiger partial charge is 0.475 e. The van der Waals surface area contributed by atoms with Crippen LogP contribution in [0.5, 0.6) is 5.88 Å². The Morgan fingerprint density at radius 3 is 2.86 bits per heavy atom. The fourth-order valence-electron chi connectivity index (χ4n) is 2.38. The zero-order chi connectivity index (χ0) is 15.1. The smallest absolute Gasteiger partial charge is 0.228 e. The first-order valence-electron chi connectivity index (χ1n) is 6.53. The molecule has 1 aliphatic heterocycles. The van der Waals surface area contributed by atoms with Gasteiger partial charge in [-0.1, -0.05) is 30.3 Å². The first kappa shape index (κ1) is 14.6. The first-order valence-corrected chi connectivity index (χ1v) is 8.13.